The number of aliphatic carboxylic acids is 1. The molecule has 0 aliphatic heterocycles. The topological polar surface area (TPSA) is 73.1 Å². The third-order valence-electron chi connectivity index (χ3n) is 3.07. The van der Waals surface area contributed by atoms with E-state index in [1.165, 1.54) is 12.1 Å². The van der Waals surface area contributed by atoms with Gasteiger partial charge in [-0.2, -0.15) is 18.4 Å². The number of halogens is 3. The van der Waals surface area contributed by atoms with Crippen LogP contribution in [0.5, 0.6) is 0 Å². The molecule has 1 aromatic rings. The summed E-state index contributed by atoms with van der Waals surface area (Å²) in [6.45, 7) is 3.80. The number of carboxylic acids is 1. The standard InChI is InChI=1S/C15H17F3N2O2/c1-14(2,9-20-8-13(21)22)6-10-3-4-11(7-19)12(5-10)15(16,17)18/h3-5,20H,6,8-9H2,1-2H3,(H,21,22). The predicted octanol–water partition coefficient (Wildman–Crippen LogP) is 2.82. The van der Waals surface area contributed by atoms with E-state index < -0.39 is 28.7 Å². The molecule has 2 N–H and O–H groups in total. The number of alkyl halides is 3. The molecule has 0 amide bonds. The highest BCUT2D eigenvalue weighted by Gasteiger charge is 2.34. The van der Waals surface area contributed by atoms with E-state index in [0.29, 0.717) is 18.5 Å². The summed E-state index contributed by atoms with van der Waals surface area (Å²) in [6.07, 6.45) is -4.25. The number of nitrogens with one attached hydrogen (secondary N) is 1. The fraction of sp³-hybridized carbons (Fsp3) is 0.467. The molecule has 7 heteroatoms. The number of nitriles is 1. The Hall–Kier alpha value is -2.07. The maximum atomic E-state index is 12.9. The van der Waals surface area contributed by atoms with Crippen LogP contribution in [-0.4, -0.2) is 24.2 Å². The number of rotatable bonds is 6. The molecule has 0 atom stereocenters. The Labute approximate surface area is 126 Å². The number of hydrogen-bond donors (Lipinski definition) is 2. The zero-order chi connectivity index (χ0) is 17.0. The summed E-state index contributed by atoms with van der Waals surface area (Å²) in [6, 6.07) is 5.18. The van der Waals surface area contributed by atoms with Crippen LogP contribution in [0.25, 0.3) is 0 Å². The van der Waals surface area contributed by atoms with Gasteiger partial charge in [-0.1, -0.05) is 19.9 Å². The normalized spacial score (nSPS) is 12.0. The summed E-state index contributed by atoms with van der Waals surface area (Å²) in [5.74, 6) is -0.992. The van der Waals surface area contributed by atoms with Gasteiger partial charge < -0.3 is 10.4 Å². The van der Waals surface area contributed by atoms with Gasteiger partial charge >= 0.3 is 12.1 Å². The molecule has 0 spiro atoms. The second-order valence-electron chi connectivity index (χ2n) is 5.83. The molecule has 0 heterocycles. The summed E-state index contributed by atoms with van der Waals surface area (Å²) in [7, 11) is 0. The Kier molecular flexibility index (Phi) is 5.55. The first-order chi connectivity index (χ1) is 10.0. The molecule has 1 aromatic carbocycles. The lowest BCUT2D eigenvalue weighted by Gasteiger charge is -2.25. The molecule has 0 unspecified atom stereocenters. The molecular formula is C15H17F3N2O2. The van der Waals surface area contributed by atoms with Crippen LogP contribution in [0.2, 0.25) is 0 Å². The van der Waals surface area contributed by atoms with Gasteiger partial charge in [-0.25, -0.2) is 0 Å². The largest absolute Gasteiger partial charge is 0.480 e. The first kappa shape index (κ1) is 18.0. The fourth-order valence-electron chi connectivity index (χ4n) is 2.16. The van der Waals surface area contributed by atoms with Crippen LogP contribution in [0.4, 0.5) is 13.2 Å². The van der Waals surface area contributed by atoms with Crippen molar-refractivity contribution in [3.05, 3.63) is 34.9 Å². The van der Waals surface area contributed by atoms with E-state index in [1.54, 1.807) is 6.07 Å². The molecule has 4 nitrogen and oxygen atoms in total. The SMILES string of the molecule is CC(C)(CNCC(=O)O)Cc1ccc(C#N)c(C(F)(F)F)c1. The summed E-state index contributed by atoms with van der Waals surface area (Å²) >= 11 is 0. The van der Waals surface area contributed by atoms with Gasteiger partial charge in [0, 0.05) is 6.54 Å². The van der Waals surface area contributed by atoms with Crippen molar-refractivity contribution in [3.8, 4) is 6.07 Å². The van der Waals surface area contributed by atoms with Crippen LogP contribution in [0.1, 0.15) is 30.5 Å². The van der Waals surface area contributed by atoms with Crippen molar-refractivity contribution in [2.24, 2.45) is 5.41 Å². The second-order valence-corrected chi connectivity index (χ2v) is 5.83. The summed E-state index contributed by atoms with van der Waals surface area (Å²) in [4.78, 5) is 10.5. The van der Waals surface area contributed by atoms with E-state index in [-0.39, 0.29) is 6.54 Å². The molecule has 0 fully saturated rings. The van der Waals surface area contributed by atoms with Crippen molar-refractivity contribution in [3.63, 3.8) is 0 Å². The highest BCUT2D eigenvalue weighted by Crippen LogP contribution is 2.33. The molecule has 0 bridgehead atoms. The maximum Gasteiger partial charge on any atom is 0.417 e. The molecule has 0 aliphatic carbocycles. The van der Waals surface area contributed by atoms with Gasteiger partial charge in [0.2, 0.25) is 0 Å². The van der Waals surface area contributed by atoms with Gasteiger partial charge in [0.1, 0.15) is 0 Å². The first-order valence-electron chi connectivity index (χ1n) is 6.58. The molecule has 120 valence electrons. The van der Waals surface area contributed by atoms with E-state index in [4.69, 9.17) is 10.4 Å². The van der Waals surface area contributed by atoms with Crippen LogP contribution in [0, 0.1) is 16.7 Å². The van der Waals surface area contributed by atoms with Crippen molar-refractivity contribution in [2.75, 3.05) is 13.1 Å². The molecule has 0 saturated carbocycles. The Morgan fingerprint density at radius 3 is 2.50 bits per heavy atom. The molecule has 1 rings (SSSR count). The number of hydrogen-bond acceptors (Lipinski definition) is 3. The predicted molar refractivity (Wildman–Crippen MR) is 74.1 cm³/mol. The molecule has 22 heavy (non-hydrogen) atoms. The number of nitrogens with zero attached hydrogens (tertiary/aromatic N) is 1. The van der Waals surface area contributed by atoms with E-state index in [9.17, 15) is 18.0 Å². The van der Waals surface area contributed by atoms with Gasteiger partial charge in [-0.3, -0.25) is 4.79 Å². The minimum Gasteiger partial charge on any atom is -0.480 e. The average molecular weight is 314 g/mol. The fourth-order valence-corrected chi connectivity index (χ4v) is 2.16. The van der Waals surface area contributed by atoms with Gasteiger partial charge in [0.15, 0.2) is 0 Å². The molecule has 0 aliphatic rings. The van der Waals surface area contributed by atoms with Crippen molar-refractivity contribution >= 4 is 5.97 Å². The summed E-state index contributed by atoms with van der Waals surface area (Å²) < 4.78 is 38.7. The second kappa shape index (κ2) is 6.79. The lowest BCUT2D eigenvalue weighted by Crippen LogP contribution is -2.34. The average Bonchev–Trinajstić information content (AvgIpc) is 2.36. The van der Waals surface area contributed by atoms with E-state index in [1.807, 2.05) is 13.8 Å². The Bertz CT molecular complexity index is 589. The van der Waals surface area contributed by atoms with Crippen molar-refractivity contribution in [1.29, 1.82) is 5.26 Å². The van der Waals surface area contributed by atoms with E-state index in [0.717, 1.165) is 6.07 Å². The molecular weight excluding hydrogens is 297 g/mol. The minimum absolute atomic E-state index is 0.204. The third kappa shape index (κ3) is 5.37. The number of carboxylic acid groups (broad SMARTS) is 1. The van der Waals surface area contributed by atoms with Crippen molar-refractivity contribution in [1.82, 2.24) is 5.32 Å². The van der Waals surface area contributed by atoms with Gasteiger partial charge in [-0.05, 0) is 29.5 Å². The van der Waals surface area contributed by atoms with Crippen LogP contribution in [0.3, 0.4) is 0 Å². The highest BCUT2D eigenvalue weighted by atomic mass is 19.4. The molecule has 0 radical (unpaired) electrons. The zero-order valence-electron chi connectivity index (χ0n) is 12.3. The quantitative estimate of drug-likeness (QED) is 0.847. The first-order valence-corrected chi connectivity index (χ1v) is 6.58. The Morgan fingerprint density at radius 2 is 2.00 bits per heavy atom. The Morgan fingerprint density at radius 1 is 1.36 bits per heavy atom. The van der Waals surface area contributed by atoms with Gasteiger partial charge in [0.25, 0.3) is 0 Å². The van der Waals surface area contributed by atoms with Crippen LogP contribution >= 0.6 is 0 Å². The smallest absolute Gasteiger partial charge is 0.417 e. The lowest BCUT2D eigenvalue weighted by atomic mass is 9.84. The highest BCUT2D eigenvalue weighted by molar-refractivity contribution is 5.68. The van der Waals surface area contributed by atoms with Crippen LogP contribution in [0.15, 0.2) is 18.2 Å². The zero-order valence-corrected chi connectivity index (χ0v) is 12.3. The monoisotopic (exact) mass is 314 g/mol. The van der Waals surface area contributed by atoms with E-state index >= 15 is 0 Å². The van der Waals surface area contributed by atoms with Gasteiger partial charge in [-0.15, -0.1) is 0 Å². The lowest BCUT2D eigenvalue weighted by molar-refractivity contribution is -0.138. The van der Waals surface area contributed by atoms with Gasteiger partial charge in [0.05, 0.1) is 23.7 Å². The third-order valence-corrected chi connectivity index (χ3v) is 3.07. The summed E-state index contributed by atoms with van der Waals surface area (Å²) in [5.41, 5.74) is -1.32. The summed E-state index contributed by atoms with van der Waals surface area (Å²) in [5, 5.41) is 20.1. The van der Waals surface area contributed by atoms with E-state index in [2.05, 4.69) is 5.32 Å². The number of carbonyl (C=O) groups is 1. The molecule has 0 saturated heterocycles. The number of benzene rings is 1. The van der Waals surface area contributed by atoms with Crippen molar-refractivity contribution in [2.45, 2.75) is 26.4 Å². The minimum atomic E-state index is -4.58. The van der Waals surface area contributed by atoms with Crippen molar-refractivity contribution < 1.29 is 23.1 Å². The van der Waals surface area contributed by atoms with Crippen LogP contribution in [-0.2, 0) is 17.4 Å². The van der Waals surface area contributed by atoms with Crippen LogP contribution < -0.4 is 5.32 Å². The molecule has 0 aromatic heterocycles. The maximum absolute atomic E-state index is 12.9. The Balaban J connectivity index is 2.90.